The number of nitrogens with zero attached hydrogens (tertiary/aromatic N) is 1. The molecule has 2 fully saturated rings. The van der Waals surface area contributed by atoms with Crippen molar-refractivity contribution in [2.45, 2.75) is 31.4 Å². The van der Waals surface area contributed by atoms with E-state index >= 15 is 0 Å². The van der Waals surface area contributed by atoms with Crippen molar-refractivity contribution in [1.29, 1.82) is 0 Å². The van der Waals surface area contributed by atoms with Gasteiger partial charge in [0.05, 0.1) is 24.0 Å². The summed E-state index contributed by atoms with van der Waals surface area (Å²) in [5.41, 5.74) is 1.36. The minimum absolute atomic E-state index is 0.108. The van der Waals surface area contributed by atoms with Crippen molar-refractivity contribution in [2.24, 2.45) is 5.92 Å². The summed E-state index contributed by atoms with van der Waals surface area (Å²) in [6.45, 7) is 0.748. The molecule has 2 heterocycles. The lowest BCUT2D eigenvalue weighted by atomic mass is 10.1. The van der Waals surface area contributed by atoms with E-state index in [1.807, 2.05) is 13.1 Å². The summed E-state index contributed by atoms with van der Waals surface area (Å²) in [4.78, 5) is 16.3. The van der Waals surface area contributed by atoms with Gasteiger partial charge in [0, 0.05) is 13.7 Å². The zero-order chi connectivity index (χ0) is 13.2. The van der Waals surface area contributed by atoms with Gasteiger partial charge < -0.3 is 15.4 Å². The average molecular weight is 261 g/mol. The van der Waals surface area contributed by atoms with E-state index in [9.17, 15) is 4.79 Å². The Kier molecular flexibility index (Phi) is 3.38. The van der Waals surface area contributed by atoms with Crippen LogP contribution in [0.2, 0.25) is 0 Å². The second kappa shape index (κ2) is 5.17. The van der Waals surface area contributed by atoms with Gasteiger partial charge in [-0.1, -0.05) is 0 Å². The lowest BCUT2D eigenvalue weighted by Gasteiger charge is -2.19. The Bertz CT molecular complexity index is 456. The normalized spacial score (nSPS) is 26.2. The van der Waals surface area contributed by atoms with Crippen LogP contribution in [-0.2, 0) is 4.74 Å². The molecule has 1 aromatic heterocycles. The number of ether oxygens (including phenoxy) is 1. The smallest absolute Gasteiger partial charge is 0.270 e. The second-order valence-corrected chi connectivity index (χ2v) is 5.22. The number of pyridine rings is 1. The number of aromatic nitrogens is 1. The first-order valence-corrected chi connectivity index (χ1v) is 6.84. The number of anilines is 1. The number of carbonyl (C=O) groups excluding carboxylic acids is 1. The molecular weight excluding hydrogens is 242 g/mol. The summed E-state index contributed by atoms with van der Waals surface area (Å²) in [6.07, 6.45) is 5.23. The van der Waals surface area contributed by atoms with E-state index < -0.39 is 0 Å². The summed E-state index contributed by atoms with van der Waals surface area (Å²) in [5.74, 6) is 0.538. The Balaban J connectivity index is 1.63. The molecule has 5 nitrogen and oxygen atoms in total. The number of rotatable bonds is 4. The van der Waals surface area contributed by atoms with Crippen LogP contribution in [0.4, 0.5) is 5.69 Å². The molecule has 2 unspecified atom stereocenters. The van der Waals surface area contributed by atoms with E-state index in [4.69, 9.17) is 4.74 Å². The monoisotopic (exact) mass is 261 g/mol. The molecule has 3 rings (SSSR count). The molecule has 0 bridgehead atoms. The zero-order valence-electron chi connectivity index (χ0n) is 11.1. The van der Waals surface area contributed by atoms with Crippen molar-refractivity contribution in [3.05, 3.63) is 24.0 Å². The summed E-state index contributed by atoms with van der Waals surface area (Å²) in [5, 5.41) is 6.04. The van der Waals surface area contributed by atoms with Gasteiger partial charge in [-0.2, -0.15) is 0 Å². The van der Waals surface area contributed by atoms with Crippen molar-refractivity contribution >= 4 is 11.6 Å². The predicted molar refractivity (Wildman–Crippen MR) is 72.1 cm³/mol. The summed E-state index contributed by atoms with van der Waals surface area (Å²) in [6, 6.07) is 3.74. The third kappa shape index (κ3) is 2.71. The van der Waals surface area contributed by atoms with Crippen molar-refractivity contribution in [1.82, 2.24) is 10.3 Å². The largest absolute Gasteiger partial charge is 0.387 e. The van der Waals surface area contributed by atoms with E-state index in [2.05, 4.69) is 15.6 Å². The molecule has 1 saturated carbocycles. The Hall–Kier alpha value is -1.62. The van der Waals surface area contributed by atoms with Gasteiger partial charge in [-0.05, 0) is 37.3 Å². The molecule has 1 aromatic rings. The molecule has 1 saturated heterocycles. The Morgan fingerprint density at radius 2 is 2.21 bits per heavy atom. The maximum atomic E-state index is 12.1. The standard InChI is InChI=1S/C14H19N3O2/c1-15-10-4-5-12(16-8-10)14(18)17-11-6-7-19-13(11)9-2-3-9/h4-5,8-9,11,13,15H,2-3,6-7H2,1H3,(H,17,18). The quantitative estimate of drug-likeness (QED) is 0.860. The van der Waals surface area contributed by atoms with Gasteiger partial charge in [0.15, 0.2) is 0 Å². The predicted octanol–water partition coefficient (Wildman–Crippen LogP) is 1.42. The zero-order valence-corrected chi connectivity index (χ0v) is 11.1. The van der Waals surface area contributed by atoms with Crippen LogP contribution in [0.5, 0.6) is 0 Å². The number of carbonyl (C=O) groups is 1. The molecule has 5 heteroatoms. The van der Waals surface area contributed by atoms with Gasteiger partial charge in [0.2, 0.25) is 0 Å². The first-order chi connectivity index (χ1) is 9.28. The van der Waals surface area contributed by atoms with Crippen LogP contribution in [-0.4, -0.2) is 36.7 Å². The Morgan fingerprint density at radius 1 is 1.37 bits per heavy atom. The van der Waals surface area contributed by atoms with E-state index in [1.54, 1.807) is 12.3 Å². The van der Waals surface area contributed by atoms with Crippen LogP contribution in [0.1, 0.15) is 29.8 Å². The molecule has 1 amide bonds. The molecule has 1 aliphatic heterocycles. The first-order valence-electron chi connectivity index (χ1n) is 6.84. The lowest BCUT2D eigenvalue weighted by molar-refractivity contribution is 0.0727. The maximum Gasteiger partial charge on any atom is 0.270 e. The highest BCUT2D eigenvalue weighted by atomic mass is 16.5. The molecule has 0 radical (unpaired) electrons. The highest BCUT2D eigenvalue weighted by Gasteiger charge is 2.41. The topological polar surface area (TPSA) is 63.2 Å². The molecule has 19 heavy (non-hydrogen) atoms. The van der Waals surface area contributed by atoms with Crippen molar-refractivity contribution in [3.8, 4) is 0 Å². The van der Waals surface area contributed by atoms with E-state index in [0.29, 0.717) is 11.6 Å². The van der Waals surface area contributed by atoms with Gasteiger partial charge in [0.1, 0.15) is 5.69 Å². The minimum atomic E-state index is -0.108. The highest BCUT2D eigenvalue weighted by Crippen LogP contribution is 2.38. The fraction of sp³-hybridized carbons (Fsp3) is 0.571. The molecular formula is C14H19N3O2. The van der Waals surface area contributed by atoms with Crippen LogP contribution in [0.25, 0.3) is 0 Å². The van der Waals surface area contributed by atoms with Gasteiger partial charge in [0.25, 0.3) is 5.91 Å². The fourth-order valence-electron chi connectivity index (χ4n) is 2.57. The molecule has 0 spiro atoms. The lowest BCUT2D eigenvalue weighted by Crippen LogP contribution is -2.41. The molecule has 2 atom stereocenters. The summed E-state index contributed by atoms with van der Waals surface area (Å²) in [7, 11) is 1.83. The number of hydrogen-bond acceptors (Lipinski definition) is 4. The Morgan fingerprint density at radius 3 is 2.84 bits per heavy atom. The highest BCUT2D eigenvalue weighted by molar-refractivity contribution is 5.92. The van der Waals surface area contributed by atoms with Gasteiger partial charge in [-0.25, -0.2) is 4.98 Å². The molecule has 2 aliphatic rings. The summed E-state index contributed by atoms with van der Waals surface area (Å²) < 4.78 is 5.72. The van der Waals surface area contributed by atoms with Crippen LogP contribution in [0, 0.1) is 5.92 Å². The third-order valence-corrected chi connectivity index (χ3v) is 3.82. The van der Waals surface area contributed by atoms with E-state index in [1.165, 1.54) is 12.8 Å². The molecule has 1 aliphatic carbocycles. The first kappa shape index (κ1) is 12.4. The van der Waals surface area contributed by atoms with Gasteiger partial charge in [-0.15, -0.1) is 0 Å². The second-order valence-electron chi connectivity index (χ2n) is 5.22. The van der Waals surface area contributed by atoms with Crippen molar-refractivity contribution < 1.29 is 9.53 Å². The van der Waals surface area contributed by atoms with Gasteiger partial charge in [-0.3, -0.25) is 4.79 Å². The molecule has 0 aromatic carbocycles. The van der Waals surface area contributed by atoms with Gasteiger partial charge >= 0.3 is 0 Å². The minimum Gasteiger partial charge on any atom is -0.387 e. The van der Waals surface area contributed by atoms with Crippen LogP contribution >= 0.6 is 0 Å². The van der Waals surface area contributed by atoms with E-state index in [-0.39, 0.29) is 18.1 Å². The summed E-state index contributed by atoms with van der Waals surface area (Å²) >= 11 is 0. The number of hydrogen-bond donors (Lipinski definition) is 2. The van der Waals surface area contributed by atoms with Crippen molar-refractivity contribution in [3.63, 3.8) is 0 Å². The number of amides is 1. The Labute approximate surface area is 112 Å². The van der Waals surface area contributed by atoms with Crippen LogP contribution < -0.4 is 10.6 Å². The third-order valence-electron chi connectivity index (χ3n) is 3.82. The van der Waals surface area contributed by atoms with E-state index in [0.717, 1.165) is 18.7 Å². The molecule has 2 N–H and O–H groups in total. The number of nitrogens with one attached hydrogen (secondary N) is 2. The average Bonchev–Trinajstić information content (AvgIpc) is 3.19. The van der Waals surface area contributed by atoms with Crippen LogP contribution in [0.3, 0.4) is 0 Å². The molecule has 102 valence electrons. The SMILES string of the molecule is CNc1ccc(C(=O)NC2CCOC2C2CC2)nc1. The van der Waals surface area contributed by atoms with Crippen molar-refractivity contribution in [2.75, 3.05) is 19.0 Å². The maximum absolute atomic E-state index is 12.1. The van der Waals surface area contributed by atoms with Crippen LogP contribution in [0.15, 0.2) is 18.3 Å². The fourth-order valence-corrected chi connectivity index (χ4v) is 2.57.